The fourth-order valence-corrected chi connectivity index (χ4v) is 3.38. The first-order chi connectivity index (χ1) is 17.9. The first-order valence-electron chi connectivity index (χ1n) is 11.1. The molecule has 0 saturated heterocycles. The molecule has 2 aromatic carbocycles. The third kappa shape index (κ3) is 7.03. The van der Waals surface area contributed by atoms with Crippen molar-refractivity contribution in [2.75, 3.05) is 42.7 Å². The van der Waals surface area contributed by atoms with Gasteiger partial charge in [0, 0.05) is 11.1 Å². The van der Waals surface area contributed by atoms with E-state index >= 15 is 0 Å². The molecule has 200 valence electrons. The van der Waals surface area contributed by atoms with Crippen LogP contribution in [0.4, 0.5) is 0 Å². The minimum atomic E-state index is -1.03. The molecule has 0 aliphatic heterocycles. The lowest BCUT2D eigenvalue weighted by atomic mass is 10.1. The van der Waals surface area contributed by atoms with E-state index in [9.17, 15) is 9.59 Å². The molecular weight excluding hydrogens is 484 g/mol. The summed E-state index contributed by atoms with van der Waals surface area (Å²) in [5, 5.41) is 7.90. The van der Waals surface area contributed by atoms with Crippen molar-refractivity contribution in [3.63, 3.8) is 0 Å². The zero-order valence-corrected chi connectivity index (χ0v) is 21.9. The minimum absolute atomic E-state index is 0.229. The lowest BCUT2D eigenvalue weighted by Gasteiger charge is -2.14. The molecule has 0 spiro atoms. The summed E-state index contributed by atoms with van der Waals surface area (Å²) >= 11 is 0. The van der Waals surface area contributed by atoms with Crippen molar-refractivity contribution in [2.45, 2.75) is 13.3 Å². The maximum atomic E-state index is 12.6. The molecule has 0 bridgehead atoms. The van der Waals surface area contributed by atoms with Gasteiger partial charge in [0.1, 0.15) is 5.92 Å². The molecule has 0 aliphatic rings. The van der Waals surface area contributed by atoms with Gasteiger partial charge >= 0.3 is 0 Å². The van der Waals surface area contributed by atoms with Crippen LogP contribution in [0.15, 0.2) is 34.5 Å². The highest BCUT2D eigenvalue weighted by atomic mass is 16.5. The number of benzene rings is 2. The van der Waals surface area contributed by atoms with Crippen molar-refractivity contribution < 1.29 is 38.0 Å². The summed E-state index contributed by atoms with van der Waals surface area (Å²) in [6, 6.07) is 6.70. The Balaban J connectivity index is 2.08. The zero-order chi connectivity index (χ0) is 27.4. The lowest BCUT2D eigenvalue weighted by molar-refractivity contribution is -0.135. The molecular formula is C25H32N4O8. The SMILES string of the molecule is CCC(C(=O)N/N=C/c1cc(OC)c(OC)c(OC)c1)C(=O)N/N=C/c1ccc(OC)c(OC)c1OC. The minimum Gasteiger partial charge on any atom is -0.493 e. The molecule has 2 aromatic rings. The van der Waals surface area contributed by atoms with E-state index in [-0.39, 0.29) is 6.42 Å². The van der Waals surface area contributed by atoms with Crippen LogP contribution in [0.2, 0.25) is 0 Å². The molecule has 1 atom stereocenters. The summed E-state index contributed by atoms with van der Waals surface area (Å²) in [4.78, 5) is 25.2. The van der Waals surface area contributed by atoms with E-state index in [4.69, 9.17) is 28.4 Å². The average Bonchev–Trinajstić information content (AvgIpc) is 2.92. The smallest absolute Gasteiger partial charge is 0.252 e. The Hall–Kier alpha value is -4.48. The first kappa shape index (κ1) is 28.8. The molecule has 2 N–H and O–H groups in total. The van der Waals surface area contributed by atoms with E-state index in [0.29, 0.717) is 45.6 Å². The standard InChI is InChI=1S/C25H32N4O8/c1-8-17(24(30)28-26-13-15-11-19(33-3)22(36-6)20(12-15)34-4)25(31)29-27-14-16-9-10-18(32-2)23(37-7)21(16)35-5/h9-14,17H,8H2,1-7H3,(H,28,30)(H,29,31)/b26-13+,27-14+. The maximum absolute atomic E-state index is 12.6. The summed E-state index contributed by atoms with van der Waals surface area (Å²) in [6.45, 7) is 1.70. The van der Waals surface area contributed by atoms with Crippen molar-refractivity contribution in [1.29, 1.82) is 0 Å². The zero-order valence-electron chi connectivity index (χ0n) is 21.9. The number of rotatable bonds is 13. The predicted octanol–water partition coefficient (Wildman–Crippen LogP) is 2.36. The highest BCUT2D eigenvalue weighted by Gasteiger charge is 2.24. The highest BCUT2D eigenvalue weighted by Crippen LogP contribution is 2.39. The number of nitrogens with one attached hydrogen (secondary N) is 2. The second kappa shape index (κ2) is 14.2. The normalized spacial score (nSPS) is 11.6. The molecule has 0 heterocycles. The Kier molecular flexibility index (Phi) is 11.0. The second-order valence-electron chi connectivity index (χ2n) is 7.31. The van der Waals surface area contributed by atoms with Crippen LogP contribution in [-0.4, -0.2) is 66.9 Å². The topological polar surface area (TPSA) is 138 Å². The molecule has 0 fully saturated rings. The summed E-state index contributed by atoms with van der Waals surface area (Å²) < 4.78 is 31.9. The number of methoxy groups -OCH3 is 6. The van der Waals surface area contributed by atoms with Gasteiger partial charge in [-0.05, 0) is 30.7 Å². The molecule has 0 aliphatic carbocycles. The Morgan fingerprint density at radius 1 is 0.730 bits per heavy atom. The third-order valence-electron chi connectivity index (χ3n) is 5.23. The van der Waals surface area contributed by atoms with Gasteiger partial charge in [0.2, 0.25) is 11.5 Å². The monoisotopic (exact) mass is 516 g/mol. The van der Waals surface area contributed by atoms with E-state index in [1.165, 1.54) is 55.1 Å². The number of hydrazone groups is 2. The summed E-state index contributed by atoms with van der Waals surface area (Å²) in [5.41, 5.74) is 5.87. The number of carbonyl (C=O) groups excluding carboxylic acids is 2. The van der Waals surface area contributed by atoms with E-state index < -0.39 is 17.7 Å². The molecule has 0 radical (unpaired) electrons. The number of hydrogen-bond acceptors (Lipinski definition) is 10. The van der Waals surface area contributed by atoms with Gasteiger partial charge in [0.25, 0.3) is 11.8 Å². The average molecular weight is 517 g/mol. The quantitative estimate of drug-likeness (QED) is 0.235. The number of nitrogens with zero attached hydrogens (tertiary/aromatic N) is 2. The summed E-state index contributed by atoms with van der Waals surface area (Å²) in [7, 11) is 8.96. The molecule has 0 aromatic heterocycles. The van der Waals surface area contributed by atoms with E-state index in [1.54, 1.807) is 31.2 Å². The molecule has 12 nitrogen and oxygen atoms in total. The second-order valence-corrected chi connectivity index (χ2v) is 7.31. The Bertz CT molecular complexity index is 1120. The molecule has 2 amide bonds. The Labute approximate surface area is 215 Å². The Morgan fingerprint density at radius 2 is 1.24 bits per heavy atom. The van der Waals surface area contributed by atoms with Crippen molar-refractivity contribution >= 4 is 24.2 Å². The maximum Gasteiger partial charge on any atom is 0.252 e. The molecule has 1 unspecified atom stereocenters. The van der Waals surface area contributed by atoms with Crippen LogP contribution in [0.1, 0.15) is 24.5 Å². The largest absolute Gasteiger partial charge is 0.493 e. The van der Waals surface area contributed by atoms with E-state index in [1.807, 2.05) is 0 Å². The fourth-order valence-electron chi connectivity index (χ4n) is 3.38. The molecule has 12 heteroatoms. The van der Waals surface area contributed by atoms with Gasteiger partial charge in [-0.3, -0.25) is 9.59 Å². The highest BCUT2D eigenvalue weighted by molar-refractivity contribution is 6.01. The number of amides is 2. The Morgan fingerprint density at radius 3 is 1.70 bits per heavy atom. The number of ether oxygens (including phenoxy) is 6. The van der Waals surface area contributed by atoms with Crippen LogP contribution >= 0.6 is 0 Å². The molecule has 0 saturated carbocycles. The van der Waals surface area contributed by atoms with Crippen LogP contribution in [-0.2, 0) is 9.59 Å². The van der Waals surface area contributed by atoms with Crippen molar-refractivity contribution in [3.05, 3.63) is 35.4 Å². The van der Waals surface area contributed by atoms with Crippen molar-refractivity contribution in [2.24, 2.45) is 16.1 Å². The fraction of sp³-hybridized carbons (Fsp3) is 0.360. The van der Waals surface area contributed by atoms with Crippen LogP contribution in [0.5, 0.6) is 34.5 Å². The van der Waals surface area contributed by atoms with Gasteiger partial charge in [0.15, 0.2) is 23.0 Å². The first-order valence-corrected chi connectivity index (χ1v) is 11.1. The van der Waals surface area contributed by atoms with Gasteiger partial charge in [-0.15, -0.1) is 0 Å². The van der Waals surface area contributed by atoms with Crippen molar-refractivity contribution in [1.82, 2.24) is 10.9 Å². The van der Waals surface area contributed by atoms with Gasteiger partial charge in [0.05, 0.1) is 55.1 Å². The summed E-state index contributed by atoms with van der Waals surface area (Å²) in [6.07, 6.45) is 3.01. The number of hydrogen-bond donors (Lipinski definition) is 2. The van der Waals surface area contributed by atoms with Gasteiger partial charge in [-0.2, -0.15) is 10.2 Å². The number of carbonyl (C=O) groups is 2. The molecule has 2 rings (SSSR count). The third-order valence-corrected chi connectivity index (χ3v) is 5.23. The molecule has 37 heavy (non-hydrogen) atoms. The lowest BCUT2D eigenvalue weighted by Crippen LogP contribution is -2.37. The van der Waals surface area contributed by atoms with E-state index in [2.05, 4.69) is 21.1 Å². The van der Waals surface area contributed by atoms with E-state index in [0.717, 1.165) is 0 Å². The van der Waals surface area contributed by atoms with Crippen LogP contribution in [0.3, 0.4) is 0 Å². The van der Waals surface area contributed by atoms with Crippen molar-refractivity contribution in [3.8, 4) is 34.5 Å². The summed E-state index contributed by atoms with van der Waals surface area (Å²) in [5.74, 6) is 0.328. The van der Waals surface area contributed by atoms with Gasteiger partial charge in [-0.25, -0.2) is 10.9 Å². The van der Waals surface area contributed by atoms with Gasteiger partial charge < -0.3 is 28.4 Å². The predicted molar refractivity (Wildman–Crippen MR) is 137 cm³/mol. The van der Waals surface area contributed by atoms with Gasteiger partial charge in [-0.1, -0.05) is 6.92 Å². The van der Waals surface area contributed by atoms with Crippen LogP contribution in [0, 0.1) is 5.92 Å². The van der Waals surface area contributed by atoms with Crippen LogP contribution < -0.4 is 39.3 Å². The van der Waals surface area contributed by atoms with Crippen LogP contribution in [0.25, 0.3) is 0 Å².